The number of carboxylic acids is 1. The van der Waals surface area contributed by atoms with Crippen LogP contribution < -0.4 is 15.4 Å². The minimum atomic E-state index is -0.711. The van der Waals surface area contributed by atoms with Crippen LogP contribution in [0.5, 0.6) is 5.75 Å². The van der Waals surface area contributed by atoms with E-state index in [0.717, 1.165) is 25.7 Å². The van der Waals surface area contributed by atoms with Crippen molar-refractivity contribution in [1.29, 1.82) is 0 Å². The van der Waals surface area contributed by atoms with Gasteiger partial charge in [0.15, 0.2) is 0 Å². The van der Waals surface area contributed by atoms with Gasteiger partial charge in [-0.1, -0.05) is 23.7 Å². The van der Waals surface area contributed by atoms with Crippen molar-refractivity contribution in [3.8, 4) is 5.75 Å². The van der Waals surface area contributed by atoms with Crippen molar-refractivity contribution in [3.63, 3.8) is 0 Å². The van der Waals surface area contributed by atoms with E-state index in [2.05, 4.69) is 10.6 Å². The maximum Gasteiger partial charge on any atom is 0.323 e. The molecule has 0 saturated heterocycles. The molecule has 0 aliphatic heterocycles. The van der Waals surface area contributed by atoms with Crippen LogP contribution >= 0.6 is 11.6 Å². The van der Waals surface area contributed by atoms with Gasteiger partial charge in [-0.05, 0) is 73.4 Å². The van der Waals surface area contributed by atoms with Gasteiger partial charge in [-0.15, -0.1) is 0 Å². The molecule has 7 heteroatoms. The lowest BCUT2D eigenvalue weighted by molar-refractivity contribution is -0.138. The van der Waals surface area contributed by atoms with Crippen molar-refractivity contribution in [3.05, 3.63) is 53.1 Å². The Morgan fingerprint density at radius 2 is 1.76 bits per heavy atom. The molecule has 2 amide bonds. The van der Waals surface area contributed by atoms with Crippen molar-refractivity contribution in [2.24, 2.45) is 5.92 Å². The highest BCUT2D eigenvalue weighted by Gasteiger charge is 2.24. The molecule has 6 nitrogen and oxygen atoms in total. The number of carbonyl (C=O) groups is 2. The first-order valence-electron chi connectivity index (χ1n) is 9.68. The van der Waals surface area contributed by atoms with Crippen molar-refractivity contribution in [2.75, 3.05) is 17.7 Å². The number of carboxylic acid groups (broad SMARTS) is 1. The summed E-state index contributed by atoms with van der Waals surface area (Å²) in [7, 11) is 1.53. The number of ether oxygens (including phenoxy) is 1. The number of halogens is 1. The molecule has 1 aliphatic carbocycles. The Kier molecular flexibility index (Phi) is 6.99. The van der Waals surface area contributed by atoms with Crippen molar-refractivity contribution in [1.82, 2.24) is 0 Å². The molecular formula is C22H25ClN2O4. The second-order valence-corrected chi connectivity index (χ2v) is 7.80. The normalized spacial score (nSPS) is 18.7. The number of methoxy groups -OCH3 is 1. The molecule has 3 rings (SSSR count). The van der Waals surface area contributed by atoms with Gasteiger partial charge in [0.25, 0.3) is 0 Å². The number of carbonyl (C=O) groups excluding carboxylic acids is 1. The van der Waals surface area contributed by atoms with Crippen LogP contribution in [0.1, 0.15) is 43.6 Å². The second kappa shape index (κ2) is 9.65. The number of anilines is 2. The van der Waals surface area contributed by atoms with Gasteiger partial charge in [0.1, 0.15) is 5.75 Å². The van der Waals surface area contributed by atoms with Crippen LogP contribution in [-0.2, 0) is 4.79 Å². The molecular weight excluding hydrogens is 392 g/mol. The van der Waals surface area contributed by atoms with E-state index in [1.807, 2.05) is 24.3 Å². The van der Waals surface area contributed by atoms with Crippen molar-refractivity contribution in [2.45, 2.75) is 38.0 Å². The van der Waals surface area contributed by atoms with E-state index in [0.29, 0.717) is 28.1 Å². The van der Waals surface area contributed by atoms with Gasteiger partial charge in [-0.25, -0.2) is 4.79 Å². The smallest absolute Gasteiger partial charge is 0.323 e. The van der Waals surface area contributed by atoms with Crippen LogP contribution in [-0.4, -0.2) is 24.2 Å². The van der Waals surface area contributed by atoms with Gasteiger partial charge in [-0.3, -0.25) is 4.79 Å². The third-order valence-corrected chi connectivity index (χ3v) is 5.59. The predicted octanol–water partition coefficient (Wildman–Crippen LogP) is 5.74. The summed E-state index contributed by atoms with van der Waals surface area (Å²) >= 11 is 5.99. The maximum absolute atomic E-state index is 12.3. The Hall–Kier alpha value is -2.73. The Morgan fingerprint density at radius 1 is 1.07 bits per heavy atom. The van der Waals surface area contributed by atoms with Gasteiger partial charge in [-0.2, -0.15) is 0 Å². The number of benzene rings is 2. The number of urea groups is 1. The lowest BCUT2D eigenvalue weighted by atomic mass is 9.77. The fourth-order valence-corrected chi connectivity index (χ4v) is 4.02. The molecule has 1 saturated carbocycles. The van der Waals surface area contributed by atoms with E-state index < -0.39 is 5.97 Å². The summed E-state index contributed by atoms with van der Waals surface area (Å²) in [4.78, 5) is 23.2. The average molecular weight is 417 g/mol. The minimum Gasteiger partial charge on any atom is -0.495 e. The summed E-state index contributed by atoms with van der Waals surface area (Å²) in [6.45, 7) is 0. The standard InChI is InChI=1S/C22H25ClN2O4/c1-29-20-11-8-17(23)13-19(20)25-22(28)24-18-9-6-16(7-10-18)15-4-2-14(3-5-15)12-21(26)27/h6-11,13-15H,2-5,12H2,1H3,(H,26,27)(H2,24,25,28)/t14-,15+. The molecule has 0 radical (unpaired) electrons. The highest BCUT2D eigenvalue weighted by molar-refractivity contribution is 6.31. The molecule has 0 atom stereocenters. The van der Waals surface area contributed by atoms with Crippen LogP contribution in [0.4, 0.5) is 16.2 Å². The molecule has 29 heavy (non-hydrogen) atoms. The first-order valence-corrected chi connectivity index (χ1v) is 10.1. The predicted molar refractivity (Wildman–Crippen MR) is 114 cm³/mol. The molecule has 1 aliphatic rings. The number of amides is 2. The fourth-order valence-electron chi connectivity index (χ4n) is 3.85. The van der Waals surface area contributed by atoms with E-state index in [-0.39, 0.29) is 18.4 Å². The topological polar surface area (TPSA) is 87.7 Å². The number of rotatable bonds is 6. The molecule has 0 unspecified atom stereocenters. The summed E-state index contributed by atoms with van der Waals surface area (Å²) in [6, 6.07) is 12.4. The molecule has 2 aromatic rings. The summed E-state index contributed by atoms with van der Waals surface area (Å²) in [5.41, 5.74) is 2.40. The van der Waals surface area contributed by atoms with Gasteiger partial charge in [0.2, 0.25) is 0 Å². The van der Waals surface area contributed by atoms with Crippen molar-refractivity contribution < 1.29 is 19.4 Å². The number of hydrogen-bond acceptors (Lipinski definition) is 3. The summed E-state index contributed by atoms with van der Waals surface area (Å²) < 4.78 is 5.23. The van der Waals surface area contributed by atoms with Gasteiger partial charge in [0.05, 0.1) is 12.8 Å². The Balaban J connectivity index is 1.55. The largest absolute Gasteiger partial charge is 0.495 e. The molecule has 0 bridgehead atoms. The molecule has 0 heterocycles. The van der Waals surface area contributed by atoms with E-state index in [1.54, 1.807) is 18.2 Å². The molecule has 0 spiro atoms. The molecule has 3 N–H and O–H groups in total. The zero-order valence-electron chi connectivity index (χ0n) is 16.3. The molecule has 1 fully saturated rings. The Bertz CT molecular complexity index is 862. The molecule has 0 aromatic heterocycles. The maximum atomic E-state index is 12.3. The van der Waals surface area contributed by atoms with Crippen molar-refractivity contribution >= 4 is 35.0 Å². The van der Waals surface area contributed by atoms with Crippen LogP contribution in [0.3, 0.4) is 0 Å². The lowest BCUT2D eigenvalue weighted by Crippen LogP contribution is -2.20. The van der Waals surface area contributed by atoms with Crippen LogP contribution in [0.15, 0.2) is 42.5 Å². The minimum absolute atomic E-state index is 0.266. The quantitative estimate of drug-likeness (QED) is 0.560. The average Bonchev–Trinajstić information content (AvgIpc) is 2.69. The summed E-state index contributed by atoms with van der Waals surface area (Å²) in [6.07, 6.45) is 4.16. The fraction of sp³-hybridized carbons (Fsp3) is 0.364. The lowest BCUT2D eigenvalue weighted by Gasteiger charge is -2.28. The monoisotopic (exact) mass is 416 g/mol. The van der Waals surface area contributed by atoms with Crippen LogP contribution in [0.25, 0.3) is 0 Å². The molecule has 2 aromatic carbocycles. The number of nitrogens with one attached hydrogen (secondary N) is 2. The third kappa shape index (κ3) is 5.87. The van der Waals surface area contributed by atoms with E-state index >= 15 is 0 Å². The van der Waals surface area contributed by atoms with E-state index in [4.69, 9.17) is 21.4 Å². The number of hydrogen-bond donors (Lipinski definition) is 3. The number of aliphatic carboxylic acids is 1. The first kappa shape index (κ1) is 21.0. The third-order valence-electron chi connectivity index (χ3n) is 5.36. The second-order valence-electron chi connectivity index (χ2n) is 7.36. The summed E-state index contributed by atoms with van der Waals surface area (Å²) in [5.74, 6) is 0.548. The van der Waals surface area contributed by atoms with Crippen LogP contribution in [0.2, 0.25) is 5.02 Å². The zero-order chi connectivity index (χ0) is 20.8. The molecule has 154 valence electrons. The van der Waals surface area contributed by atoms with Gasteiger partial charge >= 0.3 is 12.0 Å². The highest BCUT2D eigenvalue weighted by atomic mass is 35.5. The van der Waals surface area contributed by atoms with Gasteiger partial charge in [0, 0.05) is 17.1 Å². The SMILES string of the molecule is COc1ccc(Cl)cc1NC(=O)Nc1ccc([C@H]2CC[C@@H](CC(=O)O)CC2)cc1. The van der Waals surface area contributed by atoms with E-state index in [9.17, 15) is 9.59 Å². The van der Waals surface area contributed by atoms with Gasteiger partial charge < -0.3 is 20.5 Å². The summed E-state index contributed by atoms with van der Waals surface area (Å²) in [5, 5.41) is 15.0. The Morgan fingerprint density at radius 3 is 2.38 bits per heavy atom. The highest BCUT2D eigenvalue weighted by Crippen LogP contribution is 2.37. The zero-order valence-corrected chi connectivity index (χ0v) is 17.0. The van der Waals surface area contributed by atoms with E-state index in [1.165, 1.54) is 12.7 Å². The first-order chi connectivity index (χ1) is 13.9. The Labute approximate surface area is 175 Å². The van der Waals surface area contributed by atoms with Crippen LogP contribution in [0, 0.1) is 5.92 Å².